The smallest absolute Gasteiger partial charge is 0.301 e. The predicted octanol–water partition coefficient (Wildman–Crippen LogP) is 5.76. The van der Waals surface area contributed by atoms with E-state index in [1.54, 1.807) is 24.4 Å². The standard InChI is InChI=1S/C20H16F4N2OS2/c21-16-6-4-13(5-7-16)11-28-12-18(27)26-19-25-10-17(29-19)9-14-2-1-3-15(8-14)20(22,23)24/h1-8,10H,9,11-12H2,(H,25,26,27). The first-order chi connectivity index (χ1) is 13.8. The van der Waals surface area contributed by atoms with Crippen LogP contribution in [0.2, 0.25) is 0 Å². The number of benzene rings is 2. The Labute approximate surface area is 173 Å². The summed E-state index contributed by atoms with van der Waals surface area (Å²) in [6.07, 6.45) is -2.53. The molecular weight excluding hydrogens is 424 g/mol. The number of thioether (sulfide) groups is 1. The Morgan fingerprint density at radius 2 is 1.86 bits per heavy atom. The van der Waals surface area contributed by atoms with Crippen LogP contribution in [0.15, 0.2) is 54.7 Å². The fraction of sp³-hybridized carbons (Fsp3) is 0.200. The fourth-order valence-corrected chi connectivity index (χ4v) is 4.15. The quantitative estimate of drug-likeness (QED) is 0.475. The molecule has 0 saturated carbocycles. The van der Waals surface area contributed by atoms with E-state index in [0.717, 1.165) is 22.6 Å². The van der Waals surface area contributed by atoms with Gasteiger partial charge in [-0.25, -0.2) is 9.37 Å². The van der Waals surface area contributed by atoms with Gasteiger partial charge in [-0.1, -0.05) is 30.3 Å². The summed E-state index contributed by atoms with van der Waals surface area (Å²) in [5.74, 6) is 0.255. The van der Waals surface area contributed by atoms with Gasteiger partial charge in [-0.05, 0) is 29.3 Å². The van der Waals surface area contributed by atoms with Gasteiger partial charge in [0, 0.05) is 23.2 Å². The molecule has 152 valence electrons. The van der Waals surface area contributed by atoms with Crippen molar-refractivity contribution in [3.63, 3.8) is 0 Å². The number of alkyl halides is 3. The van der Waals surface area contributed by atoms with Gasteiger partial charge in [-0.3, -0.25) is 4.79 Å². The third-order valence-electron chi connectivity index (χ3n) is 3.85. The Morgan fingerprint density at radius 3 is 2.59 bits per heavy atom. The van der Waals surface area contributed by atoms with Crippen molar-refractivity contribution in [2.24, 2.45) is 0 Å². The molecule has 9 heteroatoms. The van der Waals surface area contributed by atoms with Crippen LogP contribution in [-0.4, -0.2) is 16.6 Å². The van der Waals surface area contributed by atoms with Crippen molar-refractivity contribution in [3.8, 4) is 0 Å². The maximum atomic E-state index is 12.9. The zero-order valence-electron chi connectivity index (χ0n) is 15.0. The first kappa shape index (κ1) is 21.3. The summed E-state index contributed by atoms with van der Waals surface area (Å²) in [6.45, 7) is 0. The molecule has 0 aliphatic carbocycles. The van der Waals surface area contributed by atoms with Crippen molar-refractivity contribution in [2.75, 3.05) is 11.1 Å². The molecule has 0 aliphatic rings. The Bertz CT molecular complexity index is 971. The number of aromatic nitrogens is 1. The van der Waals surface area contributed by atoms with Crippen LogP contribution in [0.1, 0.15) is 21.6 Å². The van der Waals surface area contributed by atoms with E-state index in [2.05, 4.69) is 10.3 Å². The lowest BCUT2D eigenvalue weighted by molar-refractivity contribution is -0.137. The van der Waals surface area contributed by atoms with E-state index in [1.807, 2.05) is 0 Å². The summed E-state index contributed by atoms with van der Waals surface area (Å²) in [5, 5.41) is 3.09. The van der Waals surface area contributed by atoms with E-state index >= 15 is 0 Å². The molecule has 0 unspecified atom stereocenters. The van der Waals surface area contributed by atoms with Crippen molar-refractivity contribution in [1.29, 1.82) is 0 Å². The monoisotopic (exact) mass is 440 g/mol. The van der Waals surface area contributed by atoms with Gasteiger partial charge in [0.05, 0.1) is 11.3 Å². The summed E-state index contributed by atoms with van der Waals surface area (Å²) >= 11 is 2.61. The van der Waals surface area contributed by atoms with Crippen molar-refractivity contribution in [3.05, 3.63) is 82.1 Å². The van der Waals surface area contributed by atoms with Crippen LogP contribution >= 0.6 is 23.1 Å². The average Bonchev–Trinajstić information content (AvgIpc) is 3.09. The normalized spacial score (nSPS) is 11.4. The maximum absolute atomic E-state index is 12.9. The molecule has 1 N–H and O–H groups in total. The summed E-state index contributed by atoms with van der Waals surface area (Å²) in [7, 11) is 0. The van der Waals surface area contributed by atoms with Crippen LogP contribution in [0.3, 0.4) is 0 Å². The molecule has 0 fully saturated rings. The molecule has 0 spiro atoms. The molecule has 1 heterocycles. The second-order valence-corrected chi connectivity index (χ2v) is 8.27. The zero-order valence-corrected chi connectivity index (χ0v) is 16.6. The molecule has 0 bridgehead atoms. The van der Waals surface area contributed by atoms with Crippen LogP contribution in [0, 0.1) is 5.82 Å². The minimum absolute atomic E-state index is 0.208. The van der Waals surface area contributed by atoms with E-state index in [9.17, 15) is 22.4 Å². The molecule has 29 heavy (non-hydrogen) atoms. The number of anilines is 1. The van der Waals surface area contributed by atoms with Gasteiger partial charge < -0.3 is 5.32 Å². The van der Waals surface area contributed by atoms with Crippen LogP contribution in [0.4, 0.5) is 22.7 Å². The van der Waals surface area contributed by atoms with Crippen molar-refractivity contribution in [2.45, 2.75) is 18.3 Å². The van der Waals surface area contributed by atoms with Crippen LogP contribution < -0.4 is 5.32 Å². The van der Waals surface area contributed by atoms with E-state index in [1.165, 1.54) is 41.3 Å². The van der Waals surface area contributed by atoms with E-state index in [4.69, 9.17) is 0 Å². The van der Waals surface area contributed by atoms with E-state index in [0.29, 0.717) is 22.9 Å². The van der Waals surface area contributed by atoms with E-state index in [-0.39, 0.29) is 17.5 Å². The van der Waals surface area contributed by atoms with Gasteiger partial charge in [-0.2, -0.15) is 13.2 Å². The van der Waals surface area contributed by atoms with Gasteiger partial charge in [0.15, 0.2) is 5.13 Å². The summed E-state index contributed by atoms with van der Waals surface area (Å²) in [5.41, 5.74) is 0.754. The third-order valence-corrected chi connectivity index (χ3v) is 5.76. The Morgan fingerprint density at radius 1 is 1.10 bits per heavy atom. The predicted molar refractivity (Wildman–Crippen MR) is 108 cm³/mol. The fourth-order valence-electron chi connectivity index (χ4n) is 2.50. The Kier molecular flexibility index (Phi) is 6.92. The van der Waals surface area contributed by atoms with Crippen LogP contribution in [0.5, 0.6) is 0 Å². The molecule has 3 aromatic rings. The highest BCUT2D eigenvalue weighted by atomic mass is 32.2. The minimum Gasteiger partial charge on any atom is -0.301 e. The Hall–Kier alpha value is -2.39. The number of nitrogens with zero attached hydrogens (tertiary/aromatic N) is 1. The molecular formula is C20H16F4N2OS2. The molecule has 2 aromatic carbocycles. The van der Waals surface area contributed by atoms with E-state index < -0.39 is 11.7 Å². The zero-order chi connectivity index (χ0) is 20.9. The highest BCUT2D eigenvalue weighted by molar-refractivity contribution is 7.99. The summed E-state index contributed by atoms with van der Waals surface area (Å²) in [4.78, 5) is 16.9. The van der Waals surface area contributed by atoms with Gasteiger partial charge in [0.1, 0.15) is 5.82 Å². The van der Waals surface area contributed by atoms with Crippen LogP contribution in [0.25, 0.3) is 0 Å². The molecule has 0 atom stereocenters. The molecule has 1 aromatic heterocycles. The number of amides is 1. The van der Waals surface area contributed by atoms with Crippen molar-refractivity contribution >= 4 is 34.1 Å². The second-order valence-electron chi connectivity index (χ2n) is 6.17. The number of carbonyl (C=O) groups is 1. The lowest BCUT2D eigenvalue weighted by Crippen LogP contribution is -2.13. The van der Waals surface area contributed by atoms with Crippen molar-refractivity contribution < 1.29 is 22.4 Å². The lowest BCUT2D eigenvalue weighted by atomic mass is 10.1. The Balaban J connectivity index is 1.49. The summed E-state index contributed by atoms with van der Waals surface area (Å²) < 4.78 is 51.3. The molecule has 3 rings (SSSR count). The number of carbonyl (C=O) groups excluding carboxylic acids is 1. The maximum Gasteiger partial charge on any atom is 0.416 e. The van der Waals surface area contributed by atoms with Gasteiger partial charge >= 0.3 is 6.18 Å². The number of thiazole rings is 1. The van der Waals surface area contributed by atoms with Crippen molar-refractivity contribution in [1.82, 2.24) is 4.98 Å². The first-order valence-corrected chi connectivity index (χ1v) is 10.5. The topological polar surface area (TPSA) is 42.0 Å². The second kappa shape index (κ2) is 9.41. The van der Waals surface area contributed by atoms with Gasteiger partial charge in [0.2, 0.25) is 5.91 Å². The number of hydrogen-bond donors (Lipinski definition) is 1. The highest BCUT2D eigenvalue weighted by Gasteiger charge is 2.30. The molecule has 1 amide bonds. The average molecular weight is 440 g/mol. The van der Waals surface area contributed by atoms with Gasteiger partial charge in [-0.15, -0.1) is 23.1 Å². The molecule has 0 aliphatic heterocycles. The molecule has 0 saturated heterocycles. The SMILES string of the molecule is O=C(CSCc1ccc(F)cc1)Nc1ncc(Cc2cccc(C(F)(F)F)c2)s1. The number of hydrogen-bond acceptors (Lipinski definition) is 4. The highest BCUT2D eigenvalue weighted by Crippen LogP contribution is 2.30. The minimum atomic E-state index is -4.38. The number of rotatable bonds is 7. The summed E-state index contributed by atoms with van der Waals surface area (Å²) in [6, 6.07) is 11.2. The lowest BCUT2D eigenvalue weighted by Gasteiger charge is -2.07. The molecule has 0 radical (unpaired) electrons. The number of nitrogens with one attached hydrogen (secondary N) is 1. The van der Waals surface area contributed by atoms with Gasteiger partial charge in [0.25, 0.3) is 0 Å². The first-order valence-electron chi connectivity index (χ1n) is 8.52. The molecule has 3 nitrogen and oxygen atoms in total. The third kappa shape index (κ3) is 6.57. The number of halogens is 4. The largest absolute Gasteiger partial charge is 0.416 e. The van der Waals surface area contributed by atoms with Crippen LogP contribution in [-0.2, 0) is 23.1 Å².